The quantitative estimate of drug-likeness (QED) is 0.118. The molecule has 0 radical (unpaired) electrons. The second-order valence-electron chi connectivity index (χ2n) is 17.8. The SMILES string of the molecule is CC(=O)Oc1c2cc(c(OC(C)=O)c1Br)C(C)c1cc3c(OC(C)=O)c(c1OC(C)=O)CSCCOCCSCc1c(OC(C)=O)c(cc(c1OC(C)=O)C(C)c1cc(c(OC(C)=O)c(Br)c1OC(C)=O)C3C)C2C. The zero-order valence-corrected chi connectivity index (χ0v) is 48.2. The summed E-state index contributed by atoms with van der Waals surface area (Å²) in [4.78, 5) is 106. The van der Waals surface area contributed by atoms with Crippen LogP contribution in [0, 0.1) is 0 Å². The number of rotatable bonds is 8. The Morgan fingerprint density at radius 1 is 0.373 bits per heavy atom. The largest absolute Gasteiger partial charge is 0.426 e. The molecule has 0 aromatic heterocycles. The third-order valence-corrected chi connectivity index (χ3v) is 15.5. The number of halogens is 2. The molecule has 4 aromatic rings. The molecule has 17 nitrogen and oxygen atoms in total. The first-order chi connectivity index (χ1) is 35.3. The van der Waals surface area contributed by atoms with E-state index in [1.54, 1.807) is 52.0 Å². The fraction of sp³-hybridized carbons (Fsp3) is 0.407. The van der Waals surface area contributed by atoms with Gasteiger partial charge in [-0.15, -0.1) is 0 Å². The zero-order valence-electron chi connectivity index (χ0n) is 43.4. The summed E-state index contributed by atoms with van der Waals surface area (Å²) in [5.74, 6) is -8.63. The van der Waals surface area contributed by atoms with Crippen molar-refractivity contribution in [2.45, 2.75) is 118 Å². The number of carbonyl (C=O) groups excluding carboxylic acids is 8. The molecule has 10 bridgehead atoms. The van der Waals surface area contributed by atoms with E-state index < -0.39 is 71.4 Å². The van der Waals surface area contributed by atoms with Gasteiger partial charge < -0.3 is 42.6 Å². The van der Waals surface area contributed by atoms with E-state index in [1.165, 1.54) is 78.9 Å². The van der Waals surface area contributed by atoms with Crippen molar-refractivity contribution in [1.82, 2.24) is 0 Å². The van der Waals surface area contributed by atoms with E-state index in [0.717, 1.165) is 0 Å². The maximum absolute atomic E-state index is 13.4. The molecule has 4 unspecified atom stereocenters. The van der Waals surface area contributed by atoms with E-state index in [9.17, 15) is 38.4 Å². The average Bonchev–Trinajstić information content (AvgIpc) is 3.30. The number of thioether (sulfide) groups is 2. The molecule has 400 valence electrons. The summed E-state index contributed by atoms with van der Waals surface area (Å²) in [7, 11) is 0. The zero-order chi connectivity index (χ0) is 55.3. The first-order valence-electron chi connectivity index (χ1n) is 23.6. The molecule has 2 aliphatic heterocycles. The summed E-state index contributed by atoms with van der Waals surface area (Å²) in [5.41, 5.74) is 3.15. The topological polar surface area (TPSA) is 220 Å². The van der Waals surface area contributed by atoms with E-state index in [-0.39, 0.29) is 79.7 Å². The molecule has 7 rings (SSSR count). The summed E-state index contributed by atoms with van der Waals surface area (Å²) < 4.78 is 54.9. The molecule has 0 spiro atoms. The second kappa shape index (κ2) is 24.9. The molecule has 4 aromatic carbocycles. The number of fused-ring (bicyclic) bond motifs is 8. The molecule has 0 saturated heterocycles. The van der Waals surface area contributed by atoms with Gasteiger partial charge in [0.2, 0.25) is 0 Å². The fourth-order valence-electron chi connectivity index (χ4n) is 9.05. The minimum absolute atomic E-state index is 0.0273. The van der Waals surface area contributed by atoms with Crippen LogP contribution in [0.1, 0.15) is 162 Å². The van der Waals surface area contributed by atoms with Crippen molar-refractivity contribution in [2.75, 3.05) is 24.7 Å². The normalized spacial score (nSPS) is 17.4. The number of esters is 8. The van der Waals surface area contributed by atoms with Crippen LogP contribution in [0.25, 0.3) is 0 Å². The van der Waals surface area contributed by atoms with Crippen LogP contribution in [-0.2, 0) is 54.6 Å². The third-order valence-electron chi connectivity index (χ3n) is 12.2. The van der Waals surface area contributed by atoms with Gasteiger partial charge in [-0.1, -0.05) is 27.7 Å². The highest BCUT2D eigenvalue weighted by atomic mass is 79.9. The van der Waals surface area contributed by atoms with E-state index in [1.807, 2.05) is 0 Å². The molecule has 75 heavy (non-hydrogen) atoms. The van der Waals surface area contributed by atoms with E-state index >= 15 is 0 Å². The first kappa shape index (κ1) is 58.5. The van der Waals surface area contributed by atoms with Crippen LogP contribution < -0.4 is 37.9 Å². The van der Waals surface area contributed by atoms with Gasteiger partial charge in [0.1, 0.15) is 31.9 Å². The van der Waals surface area contributed by atoms with Crippen LogP contribution in [0.3, 0.4) is 0 Å². The van der Waals surface area contributed by atoms with Gasteiger partial charge in [0.05, 0.1) is 13.2 Å². The predicted molar refractivity (Wildman–Crippen MR) is 285 cm³/mol. The van der Waals surface area contributed by atoms with Crippen molar-refractivity contribution in [2.24, 2.45) is 0 Å². The van der Waals surface area contributed by atoms with Gasteiger partial charge in [-0.3, -0.25) is 38.4 Å². The monoisotopic (exact) mass is 1200 g/mol. The Bertz CT molecular complexity index is 2650. The molecule has 21 heteroatoms. The smallest absolute Gasteiger partial charge is 0.308 e. The van der Waals surface area contributed by atoms with Crippen LogP contribution in [-0.4, -0.2) is 72.5 Å². The molecular weight excluding hydrogens is 1140 g/mol. The Labute approximate surface area is 459 Å². The number of ether oxygens (including phenoxy) is 9. The van der Waals surface area contributed by atoms with E-state index in [4.69, 9.17) is 42.6 Å². The van der Waals surface area contributed by atoms with Gasteiger partial charge >= 0.3 is 47.8 Å². The third kappa shape index (κ3) is 13.3. The van der Waals surface area contributed by atoms with Gasteiger partial charge in [0.15, 0.2) is 23.0 Å². The maximum Gasteiger partial charge on any atom is 0.308 e. The lowest BCUT2D eigenvalue weighted by Gasteiger charge is -2.31. The summed E-state index contributed by atoms with van der Waals surface area (Å²) >= 11 is 10.1. The standard InChI is InChI=1S/C54H56Br2O17S2/c1-23-35-17-36-24(2)41-20-42(54(73-34(12)64)46(56)53(41)72-33(11)63)26(4)38-18-37(25(3)40-19-39(23)51(70-31(9)61)45(55)52(40)71-32(10)62)49(68-29(7)59)44(50(38)69-30(8)60)22-75-16-14-65-13-15-74-21-43(47(35)66-27(5)57)48(36)67-28(6)58/h17-20,23-26H,13-16,21-22H2,1-12H3. The molecule has 4 atom stereocenters. The highest BCUT2D eigenvalue weighted by Crippen LogP contribution is 2.56. The molecule has 0 N–H and O–H groups in total. The Balaban J connectivity index is 2.02. The van der Waals surface area contributed by atoms with Crippen LogP contribution >= 0.6 is 55.4 Å². The van der Waals surface area contributed by atoms with Gasteiger partial charge in [-0.25, -0.2) is 0 Å². The van der Waals surface area contributed by atoms with Crippen LogP contribution in [0.2, 0.25) is 0 Å². The number of benzene rings is 4. The first-order valence-corrected chi connectivity index (χ1v) is 27.5. The van der Waals surface area contributed by atoms with Crippen molar-refractivity contribution in [3.05, 3.63) is 88.8 Å². The van der Waals surface area contributed by atoms with Crippen molar-refractivity contribution < 1.29 is 81.0 Å². The van der Waals surface area contributed by atoms with Crippen molar-refractivity contribution >= 4 is 103 Å². The van der Waals surface area contributed by atoms with E-state index in [0.29, 0.717) is 67.1 Å². The molecule has 0 saturated carbocycles. The number of hydrogen-bond acceptors (Lipinski definition) is 19. The summed E-state index contributed by atoms with van der Waals surface area (Å²) in [5, 5.41) is 0. The molecule has 1 aliphatic carbocycles. The number of carbonyl (C=O) groups is 8. The van der Waals surface area contributed by atoms with Gasteiger partial charge in [-0.2, -0.15) is 23.5 Å². The second-order valence-corrected chi connectivity index (χ2v) is 21.6. The summed E-state index contributed by atoms with van der Waals surface area (Å²) in [6.45, 7) is 17.3. The fourth-order valence-corrected chi connectivity index (χ4v) is 12.0. The highest BCUT2D eigenvalue weighted by Gasteiger charge is 2.38. The Morgan fingerprint density at radius 2 is 0.560 bits per heavy atom. The highest BCUT2D eigenvalue weighted by molar-refractivity contribution is 9.11. The lowest BCUT2D eigenvalue weighted by Crippen LogP contribution is -2.19. The summed E-state index contributed by atoms with van der Waals surface area (Å²) in [6, 6.07) is 6.74. The number of hydrogen-bond donors (Lipinski definition) is 0. The molecule has 0 fully saturated rings. The minimum atomic E-state index is -0.923. The van der Waals surface area contributed by atoms with Crippen LogP contribution in [0.5, 0.6) is 46.0 Å². The maximum atomic E-state index is 13.4. The lowest BCUT2D eigenvalue weighted by atomic mass is 9.79. The molecule has 0 amide bonds. The van der Waals surface area contributed by atoms with Crippen molar-refractivity contribution in [3.8, 4) is 46.0 Å². The van der Waals surface area contributed by atoms with Gasteiger partial charge in [0, 0.05) is 158 Å². The Morgan fingerprint density at radius 3 is 0.760 bits per heavy atom. The Hall–Kier alpha value is -5.74. The average molecular weight is 1200 g/mol. The summed E-state index contributed by atoms with van der Waals surface area (Å²) in [6.07, 6.45) is 0. The molecule has 2 heterocycles. The predicted octanol–water partition coefficient (Wildman–Crippen LogP) is 11.0. The van der Waals surface area contributed by atoms with Crippen molar-refractivity contribution in [3.63, 3.8) is 0 Å². The van der Waals surface area contributed by atoms with Crippen molar-refractivity contribution in [1.29, 1.82) is 0 Å². The molecular formula is C54H56Br2O17S2. The van der Waals surface area contributed by atoms with Gasteiger partial charge in [-0.05, 0) is 56.1 Å². The van der Waals surface area contributed by atoms with Crippen LogP contribution in [0.4, 0.5) is 0 Å². The Kier molecular flexibility index (Phi) is 19.5. The minimum Gasteiger partial charge on any atom is -0.426 e. The van der Waals surface area contributed by atoms with Crippen LogP contribution in [0.15, 0.2) is 33.2 Å². The van der Waals surface area contributed by atoms with Gasteiger partial charge in [0.25, 0.3) is 0 Å². The lowest BCUT2D eigenvalue weighted by molar-refractivity contribution is -0.133. The van der Waals surface area contributed by atoms with E-state index in [2.05, 4.69) is 31.9 Å². The molecule has 3 aliphatic rings.